The summed E-state index contributed by atoms with van der Waals surface area (Å²) < 4.78 is 33.1. The normalized spacial score (nSPS) is 13.4. The minimum atomic E-state index is -4.02. The molecule has 0 atom stereocenters. The summed E-state index contributed by atoms with van der Waals surface area (Å²) in [6.07, 6.45) is 5.43. The Labute approximate surface area is 197 Å². The molecule has 1 heterocycles. The van der Waals surface area contributed by atoms with E-state index in [0.717, 1.165) is 17.1 Å². The highest BCUT2D eigenvalue weighted by molar-refractivity contribution is 7.89. The largest absolute Gasteiger partial charge is 0.493 e. The number of ether oxygens (including phenoxy) is 1. The predicted octanol–water partition coefficient (Wildman–Crippen LogP) is 2.17. The first kappa shape index (κ1) is 24.6. The Kier molecular flexibility index (Phi) is 8.03. The van der Waals surface area contributed by atoms with Crippen LogP contribution in [0.5, 0.6) is 5.75 Å². The number of halogens is 1. The van der Waals surface area contributed by atoms with Gasteiger partial charge in [-0.15, -0.1) is 12.4 Å². The zero-order valence-electron chi connectivity index (χ0n) is 17.6. The van der Waals surface area contributed by atoms with Crippen molar-refractivity contribution in [3.05, 3.63) is 66.5 Å². The van der Waals surface area contributed by atoms with Gasteiger partial charge in [0.25, 0.3) is 5.91 Å². The van der Waals surface area contributed by atoms with Gasteiger partial charge in [0.15, 0.2) is 0 Å². The highest BCUT2D eigenvalue weighted by Crippen LogP contribution is 2.30. The third-order valence-electron chi connectivity index (χ3n) is 5.03. The monoisotopic (exact) mass is 493 g/mol. The highest BCUT2D eigenvalue weighted by atomic mass is 35.5. The van der Waals surface area contributed by atoms with Gasteiger partial charge in [0.05, 0.1) is 36.1 Å². The van der Waals surface area contributed by atoms with Gasteiger partial charge in [0, 0.05) is 6.54 Å². The maximum Gasteiger partial charge on any atom is 0.258 e. The van der Waals surface area contributed by atoms with Crippen LogP contribution in [-0.4, -0.2) is 52.0 Å². The molecule has 1 aliphatic carbocycles. The molecule has 12 heteroatoms. The Hall–Kier alpha value is -2.99. The van der Waals surface area contributed by atoms with Crippen LogP contribution in [0.4, 0.5) is 0 Å². The van der Waals surface area contributed by atoms with E-state index in [1.54, 1.807) is 48.8 Å². The lowest BCUT2D eigenvalue weighted by molar-refractivity contribution is -0.129. The average Bonchev–Trinajstić information content (AvgIpc) is 3.48. The minimum Gasteiger partial charge on any atom is -0.493 e. The molecule has 3 aromatic rings. The molecule has 176 valence electrons. The number of carbonyl (C=O) groups excluding carboxylic acids is 1. The Morgan fingerprint density at radius 1 is 1.09 bits per heavy atom. The summed E-state index contributed by atoms with van der Waals surface area (Å²) in [5, 5.41) is 17.0. The number of hydrogen-bond acceptors (Lipinski definition) is 7. The molecule has 10 nitrogen and oxygen atoms in total. The quantitative estimate of drug-likeness (QED) is 0.327. The molecule has 0 saturated heterocycles. The maximum absolute atomic E-state index is 13.2. The van der Waals surface area contributed by atoms with Gasteiger partial charge in [-0.2, -0.15) is 19.3 Å². The van der Waals surface area contributed by atoms with E-state index >= 15 is 0 Å². The number of sulfonamides is 1. The molecule has 0 spiro atoms. The molecule has 1 fully saturated rings. The summed E-state index contributed by atoms with van der Waals surface area (Å²) in [5.74, 6) is 0.343. The van der Waals surface area contributed by atoms with Crippen molar-refractivity contribution in [3.63, 3.8) is 0 Å². The topological polar surface area (TPSA) is 127 Å². The molecule has 2 N–H and O–H groups in total. The fourth-order valence-electron chi connectivity index (χ4n) is 3.06. The van der Waals surface area contributed by atoms with Crippen LogP contribution in [0.3, 0.4) is 0 Å². The van der Waals surface area contributed by atoms with Crippen LogP contribution in [0, 0.1) is 5.92 Å². The van der Waals surface area contributed by atoms with Gasteiger partial charge in [-0.3, -0.25) is 10.0 Å². The van der Waals surface area contributed by atoms with Crippen LogP contribution in [0.15, 0.2) is 65.8 Å². The van der Waals surface area contributed by atoms with Crippen molar-refractivity contribution in [2.24, 2.45) is 5.92 Å². The molecule has 0 aliphatic heterocycles. The minimum absolute atomic E-state index is 0. The number of benzene rings is 2. The van der Waals surface area contributed by atoms with Gasteiger partial charge in [-0.25, -0.2) is 13.9 Å². The Bertz CT molecular complexity index is 1150. The van der Waals surface area contributed by atoms with E-state index < -0.39 is 22.5 Å². The zero-order chi connectivity index (χ0) is 22.6. The van der Waals surface area contributed by atoms with Crippen LogP contribution in [0.2, 0.25) is 0 Å². The molecule has 33 heavy (non-hydrogen) atoms. The second kappa shape index (κ2) is 10.8. The fraction of sp³-hybridized carbons (Fsp3) is 0.286. The van der Waals surface area contributed by atoms with E-state index in [9.17, 15) is 13.2 Å². The summed E-state index contributed by atoms with van der Waals surface area (Å²) in [5.41, 5.74) is 2.85. The first-order chi connectivity index (χ1) is 15.5. The number of carbonyl (C=O) groups is 1. The lowest BCUT2D eigenvalue weighted by atomic mass is 10.2. The molecule has 0 unspecified atom stereocenters. The van der Waals surface area contributed by atoms with Crippen LogP contribution < -0.4 is 10.2 Å². The molecular weight excluding hydrogens is 470 g/mol. The molecule has 0 bridgehead atoms. The Morgan fingerprint density at radius 2 is 1.73 bits per heavy atom. The summed E-state index contributed by atoms with van der Waals surface area (Å²) in [7, 11) is -4.02. The first-order valence-electron chi connectivity index (χ1n) is 10.1. The van der Waals surface area contributed by atoms with Gasteiger partial charge < -0.3 is 4.74 Å². The number of hydroxylamine groups is 1. The number of aromatic nitrogens is 3. The second-order valence-electron chi connectivity index (χ2n) is 7.52. The molecular formula is C21H24ClN5O5S. The predicted molar refractivity (Wildman–Crippen MR) is 121 cm³/mol. The van der Waals surface area contributed by atoms with E-state index in [4.69, 9.17) is 9.94 Å². The van der Waals surface area contributed by atoms with Gasteiger partial charge in [0.1, 0.15) is 5.75 Å². The second-order valence-corrected chi connectivity index (χ2v) is 9.46. The molecule has 4 rings (SSSR count). The van der Waals surface area contributed by atoms with Crippen LogP contribution in [0.25, 0.3) is 5.69 Å². The standard InChI is InChI=1S/C21H23N5O5S.ClH/c27-21(24-28)14-25(13-16-3-5-18(6-4-16)26-22-11-12-23-26)32(29,30)20-9-7-19(8-10-20)31-15-17-1-2-17;/h3-12,17,28H,1-2,13-15H2,(H,24,27);1H. The van der Waals surface area contributed by atoms with Crippen LogP contribution in [0.1, 0.15) is 18.4 Å². The smallest absolute Gasteiger partial charge is 0.258 e. The van der Waals surface area contributed by atoms with Crippen molar-refractivity contribution in [2.75, 3.05) is 13.2 Å². The Balaban J connectivity index is 0.00000306. The van der Waals surface area contributed by atoms with Crippen LogP contribution in [-0.2, 0) is 21.4 Å². The summed E-state index contributed by atoms with van der Waals surface area (Å²) in [6, 6.07) is 13.1. The number of rotatable bonds is 10. The van der Waals surface area contributed by atoms with Crippen molar-refractivity contribution in [1.82, 2.24) is 24.8 Å². The zero-order valence-corrected chi connectivity index (χ0v) is 19.2. The van der Waals surface area contributed by atoms with Gasteiger partial charge >= 0.3 is 0 Å². The molecule has 1 saturated carbocycles. The number of nitrogens with zero attached hydrogens (tertiary/aromatic N) is 4. The van der Waals surface area contributed by atoms with Crippen molar-refractivity contribution in [3.8, 4) is 11.4 Å². The fourth-order valence-corrected chi connectivity index (χ4v) is 4.45. The first-order valence-corrected chi connectivity index (χ1v) is 11.5. The molecule has 1 aromatic heterocycles. The molecule has 2 aromatic carbocycles. The maximum atomic E-state index is 13.2. The van der Waals surface area contributed by atoms with Crippen molar-refractivity contribution in [2.45, 2.75) is 24.3 Å². The van der Waals surface area contributed by atoms with E-state index in [0.29, 0.717) is 29.5 Å². The van der Waals surface area contributed by atoms with Gasteiger partial charge in [0.2, 0.25) is 10.0 Å². The number of hydrogen-bond donors (Lipinski definition) is 2. The Morgan fingerprint density at radius 3 is 2.30 bits per heavy atom. The lowest BCUT2D eigenvalue weighted by Crippen LogP contribution is -2.39. The van der Waals surface area contributed by atoms with Crippen molar-refractivity contribution in [1.29, 1.82) is 0 Å². The van der Waals surface area contributed by atoms with Crippen LogP contribution >= 0.6 is 12.4 Å². The number of amides is 1. The van der Waals surface area contributed by atoms with E-state index in [1.165, 1.54) is 22.4 Å². The van der Waals surface area contributed by atoms with E-state index in [2.05, 4.69) is 10.2 Å². The molecule has 0 radical (unpaired) electrons. The summed E-state index contributed by atoms with van der Waals surface area (Å²) >= 11 is 0. The van der Waals surface area contributed by atoms with Crippen molar-refractivity contribution >= 4 is 28.3 Å². The summed E-state index contributed by atoms with van der Waals surface area (Å²) in [6.45, 7) is 0.0165. The van der Waals surface area contributed by atoms with E-state index in [-0.39, 0.29) is 23.8 Å². The lowest BCUT2D eigenvalue weighted by Gasteiger charge is -2.21. The van der Waals surface area contributed by atoms with E-state index in [1.807, 2.05) is 0 Å². The third kappa shape index (κ3) is 6.29. The number of nitrogens with one attached hydrogen (secondary N) is 1. The average molecular weight is 494 g/mol. The van der Waals surface area contributed by atoms with Gasteiger partial charge in [-0.1, -0.05) is 12.1 Å². The SMILES string of the molecule is Cl.O=C(CN(Cc1ccc(-n2nccn2)cc1)S(=O)(=O)c1ccc(OCC2CC2)cc1)NO. The third-order valence-corrected chi connectivity index (χ3v) is 6.84. The molecule has 1 aliphatic rings. The molecule has 1 amide bonds. The van der Waals surface area contributed by atoms with Crippen molar-refractivity contribution < 1.29 is 23.2 Å². The highest BCUT2D eigenvalue weighted by Gasteiger charge is 2.27. The van der Waals surface area contributed by atoms with Gasteiger partial charge in [-0.05, 0) is 60.7 Å². The summed E-state index contributed by atoms with van der Waals surface area (Å²) in [4.78, 5) is 13.3.